The Balaban J connectivity index is 1.88. The van der Waals surface area contributed by atoms with Crippen LogP contribution in [0, 0.1) is 20.9 Å². The quantitative estimate of drug-likeness (QED) is 0.553. The van der Waals surface area contributed by atoms with Crippen LogP contribution >= 0.6 is 0 Å². The first-order chi connectivity index (χ1) is 9.83. The molecule has 1 aliphatic rings. The van der Waals surface area contributed by atoms with Crippen molar-refractivity contribution in [3.8, 4) is 11.5 Å². The highest BCUT2D eigenvalue weighted by atomic mass is 16.5. The van der Waals surface area contributed by atoms with Crippen LogP contribution in [0.2, 0.25) is 0 Å². The number of benzene rings is 3. The summed E-state index contributed by atoms with van der Waals surface area (Å²) in [5.74, 6) is 1.70. The third-order valence-corrected chi connectivity index (χ3v) is 3.62. The standard InChI is InChI=1S/C18H13NO/c19-12-8-10-13(11-9-12)20-17-7-3-6-16-14-4-1-2-5-15(14)18(16)17/h1-11H,19H2. The van der Waals surface area contributed by atoms with Gasteiger partial charge in [0, 0.05) is 10.9 Å². The Morgan fingerprint density at radius 2 is 1.35 bits per heavy atom. The second-order valence-electron chi connectivity index (χ2n) is 4.90. The molecule has 0 saturated heterocycles. The molecular formula is C18H13NO. The molecule has 4 rings (SSSR count). The van der Waals surface area contributed by atoms with Crippen molar-refractivity contribution in [2.75, 3.05) is 5.73 Å². The summed E-state index contributed by atoms with van der Waals surface area (Å²) in [5.41, 5.74) is 6.43. The van der Waals surface area contributed by atoms with Crippen LogP contribution in [0.3, 0.4) is 0 Å². The van der Waals surface area contributed by atoms with E-state index >= 15 is 0 Å². The van der Waals surface area contributed by atoms with Gasteiger partial charge in [0.05, 0.1) is 0 Å². The lowest BCUT2D eigenvalue weighted by atomic mass is 10.0. The maximum absolute atomic E-state index is 6.00. The molecule has 2 heteroatoms. The van der Waals surface area contributed by atoms with Gasteiger partial charge in [0.1, 0.15) is 11.5 Å². The first-order valence-corrected chi connectivity index (χ1v) is 6.59. The fraction of sp³-hybridized carbons (Fsp3) is 0. The molecule has 3 aromatic carbocycles. The molecule has 0 heterocycles. The predicted octanol–water partition coefficient (Wildman–Crippen LogP) is 3.95. The van der Waals surface area contributed by atoms with Gasteiger partial charge in [-0.15, -0.1) is 0 Å². The number of ether oxygens (including phenoxy) is 1. The van der Waals surface area contributed by atoms with Crippen molar-refractivity contribution in [3.63, 3.8) is 0 Å². The molecule has 0 bridgehead atoms. The average molecular weight is 259 g/mol. The zero-order valence-corrected chi connectivity index (χ0v) is 10.8. The maximum Gasteiger partial charge on any atom is 0.135 e. The Hall–Kier alpha value is -2.74. The van der Waals surface area contributed by atoms with Gasteiger partial charge in [0.2, 0.25) is 0 Å². The average Bonchev–Trinajstić information content (AvgIpc) is 2.47. The summed E-state index contributed by atoms with van der Waals surface area (Å²) in [6, 6.07) is 22.0. The number of nitrogens with two attached hydrogens (primary N) is 1. The van der Waals surface area contributed by atoms with E-state index in [0.717, 1.165) is 17.2 Å². The molecule has 0 spiro atoms. The highest BCUT2D eigenvalue weighted by Crippen LogP contribution is 2.27. The molecule has 0 saturated carbocycles. The Kier molecular flexibility index (Phi) is 2.30. The van der Waals surface area contributed by atoms with E-state index in [1.54, 1.807) is 0 Å². The number of fused-ring (bicyclic) bond motifs is 2. The Morgan fingerprint density at radius 3 is 2.15 bits per heavy atom. The number of anilines is 1. The lowest BCUT2D eigenvalue weighted by Gasteiger charge is -2.11. The van der Waals surface area contributed by atoms with Gasteiger partial charge in [-0.25, -0.2) is 0 Å². The van der Waals surface area contributed by atoms with E-state index in [9.17, 15) is 0 Å². The molecule has 3 aromatic rings. The van der Waals surface area contributed by atoms with E-state index in [1.165, 1.54) is 20.9 Å². The minimum atomic E-state index is 0.740. The molecule has 0 amide bonds. The van der Waals surface area contributed by atoms with Crippen LogP contribution in [0.5, 0.6) is 11.5 Å². The van der Waals surface area contributed by atoms with E-state index < -0.39 is 0 Å². The zero-order chi connectivity index (χ0) is 13.5. The number of nitrogen functional groups attached to an aromatic ring is 1. The van der Waals surface area contributed by atoms with Crippen LogP contribution in [-0.4, -0.2) is 0 Å². The predicted molar refractivity (Wildman–Crippen MR) is 79.2 cm³/mol. The maximum atomic E-state index is 6.00. The van der Waals surface area contributed by atoms with Gasteiger partial charge in [0.25, 0.3) is 0 Å². The van der Waals surface area contributed by atoms with Crippen LogP contribution in [-0.2, 0) is 0 Å². The fourth-order valence-corrected chi connectivity index (χ4v) is 2.65. The molecular weight excluding hydrogens is 246 g/mol. The smallest absolute Gasteiger partial charge is 0.135 e. The lowest BCUT2D eigenvalue weighted by molar-refractivity contribution is 0.478. The topological polar surface area (TPSA) is 35.2 Å². The van der Waals surface area contributed by atoms with Crippen molar-refractivity contribution in [1.82, 2.24) is 0 Å². The van der Waals surface area contributed by atoms with E-state index in [2.05, 4.69) is 30.3 Å². The highest BCUT2D eigenvalue weighted by Gasteiger charge is 2.07. The summed E-state index contributed by atoms with van der Waals surface area (Å²) in [7, 11) is 0. The van der Waals surface area contributed by atoms with Crippen LogP contribution in [0.25, 0.3) is 0 Å². The second kappa shape index (κ2) is 4.14. The summed E-state index contributed by atoms with van der Waals surface area (Å²) in [5, 5.41) is 5.01. The van der Waals surface area contributed by atoms with Crippen LogP contribution < -0.4 is 10.5 Å². The van der Waals surface area contributed by atoms with E-state index in [1.807, 2.05) is 36.4 Å². The van der Waals surface area contributed by atoms with Crippen molar-refractivity contribution < 1.29 is 4.74 Å². The molecule has 0 atom stereocenters. The van der Waals surface area contributed by atoms with Crippen LogP contribution in [0.15, 0.2) is 66.7 Å². The minimum absolute atomic E-state index is 0.740. The van der Waals surface area contributed by atoms with E-state index in [4.69, 9.17) is 10.5 Å². The molecule has 2 nitrogen and oxygen atoms in total. The van der Waals surface area contributed by atoms with Crippen molar-refractivity contribution in [2.45, 2.75) is 0 Å². The third kappa shape index (κ3) is 1.58. The molecule has 0 aromatic heterocycles. The second-order valence-corrected chi connectivity index (χ2v) is 4.90. The van der Waals surface area contributed by atoms with Gasteiger partial charge in [-0.1, -0.05) is 36.4 Å². The van der Waals surface area contributed by atoms with Gasteiger partial charge < -0.3 is 10.5 Å². The van der Waals surface area contributed by atoms with Gasteiger partial charge in [-0.2, -0.15) is 0 Å². The Morgan fingerprint density at radius 1 is 0.650 bits per heavy atom. The molecule has 0 unspecified atom stereocenters. The number of rotatable bonds is 2. The van der Waals surface area contributed by atoms with Crippen molar-refractivity contribution in [1.29, 1.82) is 0 Å². The van der Waals surface area contributed by atoms with Gasteiger partial charge in [-0.3, -0.25) is 0 Å². The fourth-order valence-electron chi connectivity index (χ4n) is 2.65. The van der Waals surface area contributed by atoms with Crippen molar-refractivity contribution >= 4 is 5.69 Å². The largest absolute Gasteiger partial charge is 0.457 e. The summed E-state index contributed by atoms with van der Waals surface area (Å²) >= 11 is 0. The molecule has 2 N–H and O–H groups in total. The first kappa shape index (κ1) is 11.1. The molecule has 0 fully saturated rings. The van der Waals surface area contributed by atoms with Crippen molar-refractivity contribution in [3.05, 3.63) is 87.6 Å². The van der Waals surface area contributed by atoms with Gasteiger partial charge >= 0.3 is 0 Å². The minimum Gasteiger partial charge on any atom is -0.457 e. The summed E-state index contributed by atoms with van der Waals surface area (Å²) < 4.78 is 6.00. The first-order valence-electron chi connectivity index (χ1n) is 6.59. The highest BCUT2D eigenvalue weighted by molar-refractivity contribution is 5.44. The number of hydrogen-bond acceptors (Lipinski definition) is 2. The van der Waals surface area contributed by atoms with Gasteiger partial charge in [-0.05, 0) is 46.0 Å². The third-order valence-electron chi connectivity index (χ3n) is 3.62. The SMILES string of the molecule is Nc1ccc(Oc2cccc3c2=c2ccccc2=3)cc1. The monoisotopic (exact) mass is 259 g/mol. The molecule has 1 aliphatic carbocycles. The van der Waals surface area contributed by atoms with E-state index in [0.29, 0.717) is 0 Å². The summed E-state index contributed by atoms with van der Waals surface area (Å²) in [6.45, 7) is 0. The van der Waals surface area contributed by atoms with E-state index in [-0.39, 0.29) is 0 Å². The molecule has 0 aliphatic heterocycles. The zero-order valence-electron chi connectivity index (χ0n) is 10.8. The van der Waals surface area contributed by atoms with Gasteiger partial charge in [0.15, 0.2) is 0 Å². The Labute approximate surface area is 116 Å². The molecule has 0 radical (unpaired) electrons. The van der Waals surface area contributed by atoms with Crippen molar-refractivity contribution in [2.24, 2.45) is 0 Å². The molecule has 96 valence electrons. The summed E-state index contributed by atoms with van der Waals surface area (Å²) in [4.78, 5) is 0. The van der Waals surface area contributed by atoms with Crippen LogP contribution in [0.1, 0.15) is 0 Å². The summed E-state index contributed by atoms with van der Waals surface area (Å²) in [6.07, 6.45) is 0. The normalized spacial score (nSPS) is 11.2. The molecule has 20 heavy (non-hydrogen) atoms. The van der Waals surface area contributed by atoms with Crippen LogP contribution in [0.4, 0.5) is 5.69 Å². The Bertz CT molecular complexity index is 975. The number of hydrogen-bond donors (Lipinski definition) is 1. The lowest BCUT2D eigenvalue weighted by Crippen LogP contribution is -1.95.